The summed E-state index contributed by atoms with van der Waals surface area (Å²) in [4.78, 5) is 22.3. The summed E-state index contributed by atoms with van der Waals surface area (Å²) in [6.45, 7) is 0. The number of hydrogen-bond acceptors (Lipinski definition) is 4. The van der Waals surface area contributed by atoms with Gasteiger partial charge in [0.2, 0.25) is 0 Å². The molecule has 0 radical (unpaired) electrons. The molecule has 2 aromatic carbocycles. The van der Waals surface area contributed by atoms with Crippen LogP contribution in [0.3, 0.4) is 0 Å². The first-order chi connectivity index (χ1) is 9.93. The number of aromatic hydroxyl groups is 1. The van der Waals surface area contributed by atoms with Crippen molar-refractivity contribution in [3.63, 3.8) is 0 Å². The summed E-state index contributed by atoms with van der Waals surface area (Å²) < 4.78 is 4.59. The Morgan fingerprint density at radius 2 is 1.86 bits per heavy atom. The maximum Gasteiger partial charge on any atom is 0.339 e. The van der Waals surface area contributed by atoms with Crippen LogP contribution in [0.2, 0.25) is 5.02 Å². The summed E-state index contributed by atoms with van der Waals surface area (Å²) >= 11 is 6.01. The van der Waals surface area contributed by atoms with Crippen LogP contribution in [0.1, 0.15) is 20.7 Å². The third-order valence-corrected chi connectivity index (χ3v) is 3.24. The summed E-state index contributed by atoms with van der Waals surface area (Å²) in [6.07, 6.45) is 0. The van der Waals surface area contributed by atoms with Gasteiger partial charge in [-0.05, 0) is 35.9 Å². The van der Waals surface area contributed by atoms with E-state index in [0.29, 0.717) is 11.1 Å². The third kappa shape index (κ3) is 2.98. The first kappa shape index (κ1) is 14.9. The predicted molar refractivity (Wildman–Crippen MR) is 76.9 cm³/mol. The van der Waals surface area contributed by atoms with Gasteiger partial charge in [0.15, 0.2) is 0 Å². The van der Waals surface area contributed by atoms with Gasteiger partial charge in [-0.2, -0.15) is 0 Å². The van der Waals surface area contributed by atoms with E-state index in [9.17, 15) is 14.7 Å². The summed E-state index contributed by atoms with van der Waals surface area (Å²) in [5, 5.41) is 18.9. The molecule has 108 valence electrons. The van der Waals surface area contributed by atoms with Crippen molar-refractivity contribution in [1.29, 1.82) is 0 Å². The number of methoxy groups -OCH3 is 1. The largest absolute Gasteiger partial charge is 0.507 e. The number of benzene rings is 2. The van der Waals surface area contributed by atoms with Gasteiger partial charge >= 0.3 is 11.9 Å². The number of carbonyl (C=O) groups is 2. The lowest BCUT2D eigenvalue weighted by Crippen LogP contribution is -2.02. The number of ether oxygens (including phenoxy) is 1. The Hall–Kier alpha value is -2.53. The topological polar surface area (TPSA) is 83.8 Å². The minimum Gasteiger partial charge on any atom is -0.507 e. The van der Waals surface area contributed by atoms with Crippen LogP contribution in [-0.2, 0) is 4.74 Å². The SMILES string of the molecule is COC(=O)c1ccc(-c2ccc(C(=O)O)cc2O)cc1Cl. The highest BCUT2D eigenvalue weighted by Crippen LogP contribution is 2.32. The average molecular weight is 307 g/mol. The molecule has 0 unspecified atom stereocenters. The van der Waals surface area contributed by atoms with E-state index in [1.807, 2.05) is 0 Å². The number of carbonyl (C=O) groups excluding carboxylic acids is 1. The predicted octanol–water partition coefficient (Wildman–Crippen LogP) is 3.20. The van der Waals surface area contributed by atoms with E-state index in [0.717, 1.165) is 6.07 Å². The zero-order valence-corrected chi connectivity index (χ0v) is 11.7. The Labute approximate surface area is 125 Å². The van der Waals surface area contributed by atoms with E-state index in [2.05, 4.69) is 4.74 Å². The van der Waals surface area contributed by atoms with Gasteiger partial charge < -0.3 is 14.9 Å². The molecule has 0 fully saturated rings. The Kier molecular flexibility index (Phi) is 4.14. The normalized spacial score (nSPS) is 10.2. The average Bonchev–Trinajstić information content (AvgIpc) is 2.46. The van der Waals surface area contributed by atoms with E-state index < -0.39 is 11.9 Å². The van der Waals surface area contributed by atoms with Crippen molar-refractivity contribution in [1.82, 2.24) is 0 Å². The van der Waals surface area contributed by atoms with Crippen molar-refractivity contribution in [2.45, 2.75) is 0 Å². The van der Waals surface area contributed by atoms with Crippen LogP contribution in [0.15, 0.2) is 36.4 Å². The number of phenolic OH excluding ortho intramolecular Hbond substituents is 1. The fraction of sp³-hybridized carbons (Fsp3) is 0.0667. The van der Waals surface area contributed by atoms with Crippen molar-refractivity contribution in [3.05, 3.63) is 52.5 Å². The molecule has 0 atom stereocenters. The number of esters is 1. The van der Waals surface area contributed by atoms with E-state index in [-0.39, 0.29) is 21.9 Å². The molecule has 0 aliphatic rings. The molecule has 0 aromatic heterocycles. The Morgan fingerprint density at radius 3 is 2.38 bits per heavy atom. The molecule has 2 rings (SSSR count). The van der Waals surface area contributed by atoms with Crippen LogP contribution < -0.4 is 0 Å². The number of carboxylic acid groups (broad SMARTS) is 1. The molecule has 2 aromatic rings. The lowest BCUT2D eigenvalue weighted by molar-refractivity contribution is 0.0600. The lowest BCUT2D eigenvalue weighted by atomic mass is 10.0. The Balaban J connectivity index is 2.46. The van der Waals surface area contributed by atoms with Crippen LogP contribution >= 0.6 is 11.6 Å². The van der Waals surface area contributed by atoms with E-state index in [1.54, 1.807) is 6.07 Å². The smallest absolute Gasteiger partial charge is 0.339 e. The first-order valence-electron chi connectivity index (χ1n) is 5.88. The van der Waals surface area contributed by atoms with E-state index in [4.69, 9.17) is 16.7 Å². The van der Waals surface area contributed by atoms with Gasteiger partial charge in [-0.3, -0.25) is 0 Å². The number of hydrogen-bond donors (Lipinski definition) is 2. The van der Waals surface area contributed by atoms with Crippen LogP contribution in [0.25, 0.3) is 11.1 Å². The molecule has 0 aliphatic carbocycles. The van der Waals surface area contributed by atoms with Gasteiger partial charge in [0.25, 0.3) is 0 Å². The van der Waals surface area contributed by atoms with Crippen LogP contribution in [-0.4, -0.2) is 29.3 Å². The number of rotatable bonds is 3. The highest BCUT2D eigenvalue weighted by molar-refractivity contribution is 6.33. The maximum absolute atomic E-state index is 11.4. The highest BCUT2D eigenvalue weighted by atomic mass is 35.5. The zero-order valence-electron chi connectivity index (χ0n) is 11.0. The minimum absolute atomic E-state index is 0.0199. The molecule has 2 N–H and O–H groups in total. The molecular formula is C15H11ClO5. The Bertz CT molecular complexity index is 724. The summed E-state index contributed by atoms with van der Waals surface area (Å²) in [5.41, 5.74) is 1.17. The molecule has 21 heavy (non-hydrogen) atoms. The first-order valence-corrected chi connectivity index (χ1v) is 6.26. The van der Waals surface area contributed by atoms with Crippen LogP contribution in [0, 0.1) is 0 Å². The molecule has 0 bridgehead atoms. The summed E-state index contributed by atoms with van der Waals surface area (Å²) in [6, 6.07) is 8.58. The van der Waals surface area contributed by atoms with Crippen molar-refractivity contribution < 1.29 is 24.5 Å². The zero-order chi connectivity index (χ0) is 15.6. The van der Waals surface area contributed by atoms with Gasteiger partial charge in [0, 0.05) is 5.56 Å². The molecular weight excluding hydrogens is 296 g/mol. The van der Waals surface area contributed by atoms with E-state index >= 15 is 0 Å². The Morgan fingerprint density at radius 1 is 1.14 bits per heavy atom. The molecule has 0 heterocycles. The third-order valence-electron chi connectivity index (χ3n) is 2.93. The number of phenols is 1. The molecule has 0 spiro atoms. The molecule has 0 saturated heterocycles. The number of halogens is 1. The highest BCUT2D eigenvalue weighted by Gasteiger charge is 2.14. The maximum atomic E-state index is 11.4. The lowest BCUT2D eigenvalue weighted by Gasteiger charge is -2.08. The standard InChI is InChI=1S/C15H11ClO5/c1-21-15(20)11-5-2-8(6-12(11)16)10-4-3-9(14(18)19)7-13(10)17/h2-7,17H,1H3,(H,18,19). The van der Waals surface area contributed by atoms with Gasteiger partial charge in [-0.25, -0.2) is 9.59 Å². The number of carboxylic acids is 1. The quantitative estimate of drug-likeness (QED) is 0.851. The van der Waals surface area contributed by atoms with Crippen molar-refractivity contribution in [3.8, 4) is 16.9 Å². The molecule has 5 nitrogen and oxygen atoms in total. The second-order valence-corrected chi connectivity index (χ2v) is 4.63. The molecule has 0 saturated carbocycles. The second kappa shape index (κ2) is 5.85. The monoisotopic (exact) mass is 306 g/mol. The summed E-state index contributed by atoms with van der Waals surface area (Å²) in [7, 11) is 1.25. The minimum atomic E-state index is -1.13. The van der Waals surface area contributed by atoms with Gasteiger partial charge in [0.05, 0.1) is 23.3 Å². The molecule has 6 heteroatoms. The molecule has 0 aliphatic heterocycles. The van der Waals surface area contributed by atoms with Crippen LogP contribution in [0.5, 0.6) is 5.75 Å². The summed E-state index contributed by atoms with van der Waals surface area (Å²) in [5.74, 6) is -1.87. The fourth-order valence-corrected chi connectivity index (χ4v) is 2.12. The molecule has 0 amide bonds. The van der Waals surface area contributed by atoms with Crippen molar-refractivity contribution >= 4 is 23.5 Å². The van der Waals surface area contributed by atoms with Gasteiger partial charge in [-0.15, -0.1) is 0 Å². The van der Waals surface area contributed by atoms with Crippen LogP contribution in [0.4, 0.5) is 0 Å². The van der Waals surface area contributed by atoms with Crippen molar-refractivity contribution in [2.24, 2.45) is 0 Å². The van der Waals surface area contributed by atoms with Gasteiger partial charge in [0.1, 0.15) is 5.75 Å². The van der Waals surface area contributed by atoms with Gasteiger partial charge in [-0.1, -0.05) is 17.7 Å². The van der Waals surface area contributed by atoms with E-state index in [1.165, 1.54) is 31.4 Å². The van der Waals surface area contributed by atoms with Crippen molar-refractivity contribution in [2.75, 3.05) is 7.11 Å². The second-order valence-electron chi connectivity index (χ2n) is 4.22. The fourth-order valence-electron chi connectivity index (χ4n) is 1.87. The number of aromatic carboxylic acids is 1.